The van der Waals surface area contributed by atoms with Gasteiger partial charge >= 0.3 is 6.03 Å². The van der Waals surface area contributed by atoms with E-state index in [1.165, 1.54) is 0 Å². The molecule has 1 N–H and O–H groups in total. The van der Waals surface area contributed by atoms with Crippen LogP contribution in [-0.4, -0.2) is 29.1 Å². The van der Waals surface area contributed by atoms with Crippen LogP contribution in [0.5, 0.6) is 0 Å². The van der Waals surface area contributed by atoms with E-state index in [-0.39, 0.29) is 6.03 Å². The molecular formula is C14H11N5O. The van der Waals surface area contributed by atoms with Gasteiger partial charge in [-0.1, -0.05) is 0 Å². The lowest BCUT2D eigenvalue weighted by Crippen LogP contribution is -2.27. The number of amides is 2. The normalized spacial score (nSPS) is 13.9. The predicted octanol–water partition coefficient (Wildman–Crippen LogP) is 1.54. The maximum Gasteiger partial charge on any atom is 0.322 e. The summed E-state index contributed by atoms with van der Waals surface area (Å²) in [7, 11) is 0. The molecule has 1 saturated heterocycles. The van der Waals surface area contributed by atoms with Gasteiger partial charge in [0.05, 0.1) is 29.7 Å². The number of aromatic nitrogens is 2. The van der Waals surface area contributed by atoms with Crippen LogP contribution in [0, 0.1) is 11.3 Å². The maximum absolute atomic E-state index is 11.5. The zero-order valence-corrected chi connectivity index (χ0v) is 10.6. The van der Waals surface area contributed by atoms with Crippen molar-refractivity contribution in [3.8, 4) is 17.5 Å². The molecule has 1 aliphatic heterocycles. The number of nitrogens with one attached hydrogen (secondary N) is 1. The average molecular weight is 265 g/mol. The number of hydrogen-bond donors (Lipinski definition) is 1. The zero-order chi connectivity index (χ0) is 13.9. The molecule has 20 heavy (non-hydrogen) atoms. The van der Waals surface area contributed by atoms with Crippen molar-refractivity contribution in [2.24, 2.45) is 0 Å². The molecule has 0 saturated carbocycles. The van der Waals surface area contributed by atoms with Crippen LogP contribution in [0.15, 0.2) is 36.7 Å². The second-order valence-corrected chi connectivity index (χ2v) is 4.34. The van der Waals surface area contributed by atoms with Crippen molar-refractivity contribution in [3.05, 3.63) is 42.2 Å². The number of anilines is 1. The Morgan fingerprint density at radius 1 is 1.20 bits per heavy atom. The average Bonchev–Trinajstić information content (AvgIpc) is 2.94. The number of carbonyl (C=O) groups excluding carboxylic acids is 1. The van der Waals surface area contributed by atoms with Gasteiger partial charge < -0.3 is 5.32 Å². The molecule has 2 amide bonds. The second-order valence-electron chi connectivity index (χ2n) is 4.34. The zero-order valence-electron chi connectivity index (χ0n) is 10.6. The summed E-state index contributed by atoms with van der Waals surface area (Å²) in [4.78, 5) is 21.7. The molecule has 3 rings (SSSR count). The minimum atomic E-state index is -0.125. The highest BCUT2D eigenvalue weighted by Crippen LogP contribution is 2.19. The van der Waals surface area contributed by atoms with Gasteiger partial charge in [0.15, 0.2) is 5.82 Å². The third-order valence-electron chi connectivity index (χ3n) is 3.08. The first-order chi connectivity index (χ1) is 9.78. The van der Waals surface area contributed by atoms with Gasteiger partial charge in [-0.2, -0.15) is 5.26 Å². The minimum absolute atomic E-state index is 0.125. The fraction of sp³-hybridized carbons (Fsp3) is 0.143. The molecule has 0 aliphatic carbocycles. The molecule has 1 fully saturated rings. The van der Waals surface area contributed by atoms with Crippen LogP contribution in [0.4, 0.5) is 10.5 Å². The van der Waals surface area contributed by atoms with E-state index < -0.39 is 0 Å². The second kappa shape index (κ2) is 4.97. The Bertz CT molecular complexity index is 672. The first-order valence-electron chi connectivity index (χ1n) is 6.16. The molecule has 0 atom stereocenters. The van der Waals surface area contributed by atoms with Gasteiger partial charge in [0, 0.05) is 18.7 Å². The molecule has 6 heteroatoms. The summed E-state index contributed by atoms with van der Waals surface area (Å²) in [6.07, 6.45) is 3.26. The number of nitrogens with zero attached hydrogens (tertiary/aromatic N) is 4. The number of benzene rings is 1. The van der Waals surface area contributed by atoms with Crippen molar-refractivity contribution in [1.29, 1.82) is 5.26 Å². The van der Waals surface area contributed by atoms with Crippen LogP contribution in [-0.2, 0) is 0 Å². The van der Waals surface area contributed by atoms with Crippen LogP contribution in [0.3, 0.4) is 0 Å². The third-order valence-corrected chi connectivity index (χ3v) is 3.08. The van der Waals surface area contributed by atoms with Crippen molar-refractivity contribution in [2.45, 2.75) is 0 Å². The molecule has 2 aromatic rings. The lowest BCUT2D eigenvalue weighted by atomic mass is 10.1. The number of nitriles is 1. The monoisotopic (exact) mass is 265 g/mol. The summed E-state index contributed by atoms with van der Waals surface area (Å²) in [5, 5.41) is 11.5. The summed E-state index contributed by atoms with van der Waals surface area (Å²) >= 11 is 0. The molecule has 1 aromatic heterocycles. The molecule has 98 valence electrons. The van der Waals surface area contributed by atoms with Crippen molar-refractivity contribution >= 4 is 11.7 Å². The Morgan fingerprint density at radius 3 is 2.45 bits per heavy atom. The van der Waals surface area contributed by atoms with Crippen molar-refractivity contribution < 1.29 is 4.79 Å². The Hall–Kier alpha value is -2.94. The number of urea groups is 1. The maximum atomic E-state index is 11.5. The number of hydrogen-bond acceptors (Lipinski definition) is 4. The van der Waals surface area contributed by atoms with E-state index in [1.807, 2.05) is 0 Å². The smallest absolute Gasteiger partial charge is 0.322 e. The Morgan fingerprint density at radius 2 is 1.90 bits per heavy atom. The molecule has 1 aromatic carbocycles. The number of carbonyl (C=O) groups is 1. The van der Waals surface area contributed by atoms with Crippen LogP contribution in [0.2, 0.25) is 0 Å². The summed E-state index contributed by atoms with van der Waals surface area (Å²) in [6.45, 7) is 1.26. The van der Waals surface area contributed by atoms with Crippen LogP contribution in [0.25, 0.3) is 11.4 Å². The topological polar surface area (TPSA) is 81.9 Å². The first-order valence-corrected chi connectivity index (χ1v) is 6.16. The summed E-state index contributed by atoms with van der Waals surface area (Å²) in [5.74, 6) is 0.567. The first kappa shape index (κ1) is 12.1. The van der Waals surface area contributed by atoms with Crippen molar-refractivity contribution in [2.75, 3.05) is 18.0 Å². The lowest BCUT2D eigenvalue weighted by Gasteiger charge is -2.13. The largest absolute Gasteiger partial charge is 0.336 e. The van der Waals surface area contributed by atoms with Gasteiger partial charge in [-0.25, -0.2) is 14.8 Å². The summed E-state index contributed by atoms with van der Waals surface area (Å²) in [5.41, 5.74) is 2.11. The molecule has 0 radical (unpaired) electrons. The predicted molar refractivity (Wildman–Crippen MR) is 72.9 cm³/mol. The van der Waals surface area contributed by atoms with Gasteiger partial charge in [0.2, 0.25) is 0 Å². The van der Waals surface area contributed by atoms with Gasteiger partial charge in [0.25, 0.3) is 0 Å². The quantitative estimate of drug-likeness (QED) is 0.893. The standard InChI is InChI=1S/C14H11N5O/c15-7-10-1-3-11(4-2-10)13-17-8-12(9-18-13)19-6-5-16-14(19)20/h1-4,8-9H,5-6H2,(H,16,20). The van der Waals surface area contributed by atoms with Crippen molar-refractivity contribution in [3.63, 3.8) is 0 Å². The van der Waals surface area contributed by atoms with Crippen LogP contribution in [0.1, 0.15) is 5.56 Å². The van der Waals surface area contributed by atoms with Crippen LogP contribution < -0.4 is 10.2 Å². The van der Waals surface area contributed by atoms with E-state index in [0.717, 1.165) is 5.56 Å². The molecule has 0 bridgehead atoms. The van der Waals surface area contributed by atoms with Gasteiger partial charge in [-0.3, -0.25) is 4.90 Å². The minimum Gasteiger partial charge on any atom is -0.336 e. The molecule has 6 nitrogen and oxygen atoms in total. The van der Waals surface area contributed by atoms with E-state index in [1.54, 1.807) is 41.6 Å². The summed E-state index contributed by atoms with van der Waals surface area (Å²) in [6, 6.07) is 8.99. The van der Waals surface area contributed by atoms with E-state index in [4.69, 9.17) is 5.26 Å². The third kappa shape index (κ3) is 2.17. The molecule has 2 heterocycles. The van der Waals surface area contributed by atoms with Crippen molar-refractivity contribution in [1.82, 2.24) is 15.3 Å². The highest BCUT2D eigenvalue weighted by Gasteiger charge is 2.21. The fourth-order valence-corrected chi connectivity index (χ4v) is 2.02. The van der Waals surface area contributed by atoms with Gasteiger partial charge in [-0.15, -0.1) is 0 Å². The van der Waals surface area contributed by atoms with Crippen LogP contribution >= 0.6 is 0 Å². The number of rotatable bonds is 2. The molecule has 1 aliphatic rings. The van der Waals surface area contributed by atoms with E-state index in [9.17, 15) is 4.79 Å². The molecule has 0 spiro atoms. The van der Waals surface area contributed by atoms with E-state index >= 15 is 0 Å². The van der Waals surface area contributed by atoms with Gasteiger partial charge in [0.1, 0.15) is 0 Å². The fourth-order valence-electron chi connectivity index (χ4n) is 2.02. The summed E-state index contributed by atoms with van der Waals surface area (Å²) < 4.78 is 0. The highest BCUT2D eigenvalue weighted by molar-refractivity contribution is 5.93. The molecular weight excluding hydrogens is 254 g/mol. The Balaban J connectivity index is 1.85. The van der Waals surface area contributed by atoms with E-state index in [2.05, 4.69) is 21.4 Å². The van der Waals surface area contributed by atoms with Gasteiger partial charge in [-0.05, 0) is 24.3 Å². The Labute approximate surface area is 115 Å². The SMILES string of the molecule is N#Cc1ccc(-c2ncc(N3CCNC3=O)cn2)cc1. The molecule has 0 unspecified atom stereocenters. The highest BCUT2D eigenvalue weighted by atomic mass is 16.2. The Kier molecular flexibility index (Phi) is 3.01. The lowest BCUT2D eigenvalue weighted by molar-refractivity contribution is 0.252. The van der Waals surface area contributed by atoms with E-state index in [0.29, 0.717) is 30.2 Å².